The van der Waals surface area contributed by atoms with E-state index in [-0.39, 0.29) is 23.1 Å². The lowest BCUT2D eigenvalue weighted by molar-refractivity contribution is -0.137. The van der Waals surface area contributed by atoms with Crippen molar-refractivity contribution in [3.63, 3.8) is 0 Å². The van der Waals surface area contributed by atoms with E-state index in [0.717, 1.165) is 23.3 Å². The van der Waals surface area contributed by atoms with Crippen molar-refractivity contribution in [1.82, 2.24) is 15.3 Å². The number of benzene rings is 2. The van der Waals surface area contributed by atoms with Gasteiger partial charge < -0.3 is 10.6 Å². The number of hydrogen-bond donors (Lipinski definition) is 2. The molecule has 28 heavy (non-hydrogen) atoms. The summed E-state index contributed by atoms with van der Waals surface area (Å²) in [4.78, 5) is 20.2. The molecular formula is C20H17F3N4O. The van der Waals surface area contributed by atoms with Crippen molar-refractivity contribution >= 4 is 17.5 Å². The minimum atomic E-state index is -4.43. The van der Waals surface area contributed by atoms with Gasteiger partial charge in [-0.25, -0.2) is 9.97 Å². The molecule has 0 fully saturated rings. The lowest BCUT2D eigenvalue weighted by Gasteiger charge is -2.10. The maximum absolute atomic E-state index is 12.8. The molecule has 2 aromatic carbocycles. The quantitative estimate of drug-likeness (QED) is 0.679. The zero-order valence-electron chi connectivity index (χ0n) is 14.9. The molecule has 1 aromatic heterocycles. The zero-order valence-corrected chi connectivity index (χ0v) is 14.9. The molecule has 0 aliphatic rings. The summed E-state index contributed by atoms with van der Waals surface area (Å²) >= 11 is 0. The maximum Gasteiger partial charge on any atom is 0.416 e. The first-order valence-corrected chi connectivity index (χ1v) is 8.41. The molecule has 0 aliphatic heterocycles. The van der Waals surface area contributed by atoms with Gasteiger partial charge in [0, 0.05) is 24.6 Å². The molecule has 0 radical (unpaired) electrons. The van der Waals surface area contributed by atoms with Crippen LogP contribution < -0.4 is 10.6 Å². The largest absolute Gasteiger partial charge is 0.416 e. The number of anilines is 2. The third-order valence-electron chi connectivity index (χ3n) is 3.93. The van der Waals surface area contributed by atoms with Gasteiger partial charge >= 0.3 is 6.18 Å². The minimum Gasteiger partial charge on any atom is -0.348 e. The fourth-order valence-corrected chi connectivity index (χ4v) is 2.40. The van der Waals surface area contributed by atoms with Crippen LogP contribution in [0.1, 0.15) is 27.0 Å². The summed E-state index contributed by atoms with van der Waals surface area (Å²) < 4.78 is 38.3. The van der Waals surface area contributed by atoms with Crippen LogP contribution in [0.25, 0.3) is 0 Å². The van der Waals surface area contributed by atoms with Gasteiger partial charge in [-0.3, -0.25) is 4.79 Å². The van der Waals surface area contributed by atoms with Crippen molar-refractivity contribution < 1.29 is 18.0 Å². The Kier molecular flexibility index (Phi) is 5.58. The second-order valence-electron chi connectivity index (χ2n) is 6.17. The molecule has 2 N–H and O–H groups in total. The number of hydrogen-bond acceptors (Lipinski definition) is 4. The van der Waals surface area contributed by atoms with Crippen LogP contribution in [0.2, 0.25) is 0 Å². The van der Waals surface area contributed by atoms with Crippen LogP contribution >= 0.6 is 0 Å². The second-order valence-corrected chi connectivity index (χ2v) is 6.17. The van der Waals surface area contributed by atoms with Crippen molar-refractivity contribution in [1.29, 1.82) is 0 Å². The van der Waals surface area contributed by atoms with Crippen LogP contribution in [0, 0.1) is 6.92 Å². The molecule has 0 saturated carbocycles. The number of carbonyl (C=O) groups excluding carboxylic acids is 1. The van der Waals surface area contributed by atoms with Crippen LogP contribution in [-0.2, 0) is 12.7 Å². The van der Waals surface area contributed by atoms with Crippen LogP contribution in [0.15, 0.2) is 60.9 Å². The van der Waals surface area contributed by atoms with Gasteiger partial charge in [-0.2, -0.15) is 13.2 Å². The normalized spacial score (nSPS) is 11.1. The molecule has 5 nitrogen and oxygen atoms in total. The van der Waals surface area contributed by atoms with Crippen LogP contribution in [0.3, 0.4) is 0 Å². The minimum absolute atomic E-state index is 0.0920. The highest BCUT2D eigenvalue weighted by Gasteiger charge is 2.30. The first-order valence-electron chi connectivity index (χ1n) is 8.41. The van der Waals surface area contributed by atoms with Gasteiger partial charge in [0.15, 0.2) is 0 Å². The Morgan fingerprint density at radius 2 is 1.71 bits per heavy atom. The summed E-state index contributed by atoms with van der Waals surface area (Å²) in [5, 5.41) is 5.46. The molecule has 0 unspecified atom stereocenters. The van der Waals surface area contributed by atoms with E-state index >= 15 is 0 Å². The zero-order chi connectivity index (χ0) is 20.1. The van der Waals surface area contributed by atoms with Gasteiger partial charge in [-0.15, -0.1) is 0 Å². The van der Waals surface area contributed by atoms with Crippen molar-refractivity contribution in [2.24, 2.45) is 0 Å². The van der Waals surface area contributed by atoms with E-state index in [1.54, 1.807) is 0 Å². The van der Waals surface area contributed by atoms with Gasteiger partial charge in [0.1, 0.15) is 0 Å². The van der Waals surface area contributed by atoms with E-state index in [1.807, 2.05) is 31.2 Å². The fourth-order valence-electron chi connectivity index (χ4n) is 2.40. The third-order valence-corrected chi connectivity index (χ3v) is 3.93. The van der Waals surface area contributed by atoms with Crippen LogP contribution in [0.5, 0.6) is 0 Å². The summed E-state index contributed by atoms with van der Waals surface area (Å²) in [6, 6.07) is 12.5. The molecule has 8 heteroatoms. The second kappa shape index (κ2) is 8.08. The van der Waals surface area contributed by atoms with E-state index in [2.05, 4.69) is 20.6 Å². The molecular weight excluding hydrogens is 369 g/mol. The molecule has 0 spiro atoms. The summed E-state index contributed by atoms with van der Waals surface area (Å²) in [6.07, 6.45) is -1.81. The molecule has 3 aromatic rings. The molecule has 3 rings (SSSR count). The number of rotatable bonds is 5. The molecule has 0 aliphatic carbocycles. The molecule has 0 atom stereocenters. The van der Waals surface area contributed by atoms with Crippen LogP contribution in [-0.4, -0.2) is 15.9 Å². The molecule has 1 heterocycles. The van der Waals surface area contributed by atoms with E-state index in [1.165, 1.54) is 24.5 Å². The van der Waals surface area contributed by atoms with Gasteiger partial charge in [0.25, 0.3) is 5.91 Å². The highest BCUT2D eigenvalue weighted by Crippen LogP contribution is 2.31. The average Bonchev–Trinajstić information content (AvgIpc) is 2.67. The Labute approximate surface area is 159 Å². The topological polar surface area (TPSA) is 66.9 Å². The van der Waals surface area contributed by atoms with Crippen molar-refractivity contribution in [3.8, 4) is 0 Å². The third kappa shape index (κ3) is 5.06. The Morgan fingerprint density at radius 1 is 1.04 bits per heavy atom. The average molecular weight is 386 g/mol. The number of alkyl halides is 3. The highest BCUT2D eigenvalue weighted by atomic mass is 19.4. The first kappa shape index (κ1) is 19.3. The predicted molar refractivity (Wildman–Crippen MR) is 99.1 cm³/mol. The Balaban J connectivity index is 1.61. The predicted octanol–water partition coefficient (Wildman–Crippen LogP) is 4.48. The molecule has 0 bridgehead atoms. The number of aryl methyl sites for hydroxylation is 1. The number of aromatic nitrogens is 2. The SMILES string of the molecule is Cc1ccc(CNC(=O)c2cnc(Nc3cccc(C(F)(F)F)c3)nc2)cc1. The number of amides is 1. The van der Waals surface area contributed by atoms with Crippen LogP contribution in [0.4, 0.5) is 24.8 Å². The summed E-state index contributed by atoms with van der Waals surface area (Å²) in [7, 11) is 0. The van der Waals surface area contributed by atoms with E-state index in [4.69, 9.17) is 0 Å². The first-order chi connectivity index (χ1) is 13.3. The lowest BCUT2D eigenvalue weighted by Crippen LogP contribution is -2.23. The molecule has 1 amide bonds. The van der Waals surface area contributed by atoms with Gasteiger partial charge in [0.2, 0.25) is 5.95 Å². The summed E-state index contributed by atoms with van der Waals surface area (Å²) in [5.41, 5.74) is 1.77. The smallest absolute Gasteiger partial charge is 0.348 e. The molecule has 144 valence electrons. The van der Waals surface area contributed by atoms with Gasteiger partial charge in [0.05, 0.1) is 11.1 Å². The number of carbonyl (C=O) groups is 1. The van der Waals surface area contributed by atoms with E-state index < -0.39 is 11.7 Å². The fraction of sp³-hybridized carbons (Fsp3) is 0.150. The van der Waals surface area contributed by atoms with E-state index in [0.29, 0.717) is 6.54 Å². The number of nitrogens with zero attached hydrogens (tertiary/aromatic N) is 2. The van der Waals surface area contributed by atoms with Crippen molar-refractivity contribution in [2.75, 3.05) is 5.32 Å². The van der Waals surface area contributed by atoms with Crippen molar-refractivity contribution in [2.45, 2.75) is 19.6 Å². The number of halogens is 3. The standard InChI is InChI=1S/C20H17F3N4O/c1-13-5-7-14(8-6-13)10-24-18(28)15-11-25-19(26-12-15)27-17-4-2-3-16(9-17)20(21,22)23/h2-9,11-12H,10H2,1H3,(H,24,28)(H,25,26,27). The Bertz CT molecular complexity index is 954. The number of nitrogens with one attached hydrogen (secondary N) is 2. The monoisotopic (exact) mass is 386 g/mol. The highest BCUT2D eigenvalue weighted by molar-refractivity contribution is 5.93. The lowest BCUT2D eigenvalue weighted by atomic mass is 10.1. The van der Waals surface area contributed by atoms with Crippen molar-refractivity contribution in [3.05, 3.63) is 83.2 Å². The van der Waals surface area contributed by atoms with Gasteiger partial charge in [-0.05, 0) is 30.7 Å². The Morgan fingerprint density at radius 3 is 2.36 bits per heavy atom. The Hall–Kier alpha value is -3.42. The van der Waals surface area contributed by atoms with E-state index in [9.17, 15) is 18.0 Å². The molecule has 0 saturated heterocycles. The maximum atomic E-state index is 12.8. The summed E-state index contributed by atoms with van der Waals surface area (Å²) in [6.45, 7) is 2.35. The summed E-state index contributed by atoms with van der Waals surface area (Å²) in [5.74, 6) is -0.249. The van der Waals surface area contributed by atoms with Gasteiger partial charge in [-0.1, -0.05) is 35.9 Å².